The summed E-state index contributed by atoms with van der Waals surface area (Å²) in [5, 5.41) is 9.48. The van der Waals surface area contributed by atoms with Crippen molar-refractivity contribution in [1.29, 1.82) is 0 Å². The van der Waals surface area contributed by atoms with Gasteiger partial charge in [-0.1, -0.05) is 18.9 Å². The Labute approximate surface area is 118 Å². The van der Waals surface area contributed by atoms with E-state index in [0.717, 1.165) is 25.7 Å². The summed E-state index contributed by atoms with van der Waals surface area (Å²) >= 11 is 0. The topological polar surface area (TPSA) is 66.6 Å². The van der Waals surface area contributed by atoms with Crippen molar-refractivity contribution in [1.82, 2.24) is 0 Å². The molecule has 2 rings (SSSR count). The Hall–Kier alpha value is -1.62. The second-order valence-electron chi connectivity index (χ2n) is 5.42. The maximum atomic E-state index is 14.3. The minimum absolute atomic E-state index is 0.0234. The van der Waals surface area contributed by atoms with Crippen LogP contribution < -0.4 is 10.6 Å². The van der Waals surface area contributed by atoms with Crippen molar-refractivity contribution in [3.05, 3.63) is 29.6 Å². The van der Waals surface area contributed by atoms with Gasteiger partial charge in [-0.3, -0.25) is 4.79 Å². The number of carbonyl (C=O) groups is 1. The summed E-state index contributed by atoms with van der Waals surface area (Å²) in [6.45, 7) is 1.61. The summed E-state index contributed by atoms with van der Waals surface area (Å²) in [6, 6.07) is 4.79. The third kappa shape index (κ3) is 3.28. The predicted molar refractivity (Wildman–Crippen MR) is 75.8 cm³/mol. The Kier molecular flexibility index (Phi) is 4.60. The Balaban J connectivity index is 2.30. The Morgan fingerprint density at radius 3 is 2.65 bits per heavy atom. The van der Waals surface area contributed by atoms with Crippen LogP contribution in [0.3, 0.4) is 0 Å². The van der Waals surface area contributed by atoms with E-state index in [2.05, 4.69) is 0 Å². The number of nitrogens with two attached hydrogens (primary N) is 1. The van der Waals surface area contributed by atoms with Gasteiger partial charge in [0.1, 0.15) is 5.82 Å². The lowest BCUT2D eigenvalue weighted by Crippen LogP contribution is -2.40. The average molecular weight is 280 g/mol. The molecule has 1 aromatic carbocycles. The van der Waals surface area contributed by atoms with Crippen LogP contribution in [0.1, 0.15) is 44.3 Å². The average Bonchev–Trinajstić information content (AvgIpc) is 2.89. The van der Waals surface area contributed by atoms with E-state index in [1.165, 1.54) is 6.07 Å². The highest BCUT2D eigenvalue weighted by Crippen LogP contribution is 2.31. The van der Waals surface area contributed by atoms with Gasteiger partial charge in [-0.05, 0) is 37.5 Å². The van der Waals surface area contributed by atoms with Crippen LogP contribution in [0.2, 0.25) is 0 Å². The zero-order valence-corrected chi connectivity index (χ0v) is 11.7. The van der Waals surface area contributed by atoms with Gasteiger partial charge in [-0.25, -0.2) is 4.39 Å². The number of rotatable bonds is 5. The molecule has 0 unspecified atom stereocenters. The van der Waals surface area contributed by atoms with Gasteiger partial charge in [-0.15, -0.1) is 0 Å². The molecule has 5 heteroatoms. The normalized spacial score (nSPS) is 17.1. The molecule has 0 saturated heterocycles. The van der Waals surface area contributed by atoms with Crippen LogP contribution in [0.25, 0.3) is 0 Å². The molecule has 0 bridgehead atoms. The molecule has 0 aliphatic heterocycles. The predicted octanol–water partition coefficient (Wildman–Crippen LogP) is 2.11. The number of carbonyl (C=O) groups excluding carboxylic acids is 1. The van der Waals surface area contributed by atoms with Crippen LogP contribution in [0, 0.1) is 5.82 Å². The summed E-state index contributed by atoms with van der Waals surface area (Å²) in [4.78, 5) is 13.0. The van der Waals surface area contributed by atoms with Crippen molar-refractivity contribution in [3.63, 3.8) is 0 Å². The molecule has 1 amide bonds. The highest BCUT2D eigenvalue weighted by atomic mass is 19.1. The number of amides is 1. The second kappa shape index (κ2) is 6.22. The largest absolute Gasteiger partial charge is 0.389 e. The standard InChI is InChI=1S/C15H21FN2O2/c1-10(19)11-6-7-14(13(16)8-11)18(9-15(17)20)12-4-2-3-5-12/h6-8,10,12,19H,2-5,9H2,1H3,(H2,17,20)/t10-/m1/s1. The summed E-state index contributed by atoms with van der Waals surface area (Å²) in [5.74, 6) is -0.882. The molecule has 1 fully saturated rings. The smallest absolute Gasteiger partial charge is 0.236 e. The van der Waals surface area contributed by atoms with Gasteiger partial charge >= 0.3 is 0 Å². The van der Waals surface area contributed by atoms with Gasteiger partial charge in [0, 0.05) is 6.04 Å². The third-order valence-corrected chi connectivity index (χ3v) is 3.86. The highest BCUT2D eigenvalue weighted by molar-refractivity contribution is 5.79. The van der Waals surface area contributed by atoms with Crippen molar-refractivity contribution in [3.8, 4) is 0 Å². The number of hydrogen-bond donors (Lipinski definition) is 2. The summed E-state index contributed by atoms with van der Waals surface area (Å²) < 4.78 is 14.3. The molecule has 0 spiro atoms. The molecule has 1 atom stereocenters. The quantitative estimate of drug-likeness (QED) is 0.868. The molecule has 1 saturated carbocycles. The molecular weight excluding hydrogens is 259 g/mol. The highest BCUT2D eigenvalue weighted by Gasteiger charge is 2.26. The zero-order valence-electron chi connectivity index (χ0n) is 11.7. The van der Waals surface area contributed by atoms with E-state index in [4.69, 9.17) is 5.73 Å². The summed E-state index contributed by atoms with van der Waals surface area (Å²) in [7, 11) is 0. The van der Waals surface area contributed by atoms with Crippen LogP contribution in [-0.4, -0.2) is 23.6 Å². The van der Waals surface area contributed by atoms with E-state index in [-0.39, 0.29) is 12.6 Å². The molecule has 0 radical (unpaired) electrons. The first-order valence-electron chi connectivity index (χ1n) is 7.01. The fourth-order valence-corrected chi connectivity index (χ4v) is 2.81. The van der Waals surface area contributed by atoms with Crippen LogP contribution in [-0.2, 0) is 4.79 Å². The number of primary amides is 1. The van der Waals surface area contributed by atoms with E-state index in [9.17, 15) is 14.3 Å². The van der Waals surface area contributed by atoms with Gasteiger partial charge in [0.05, 0.1) is 18.3 Å². The Morgan fingerprint density at radius 1 is 1.50 bits per heavy atom. The van der Waals surface area contributed by atoms with Crippen LogP contribution in [0.4, 0.5) is 10.1 Å². The zero-order chi connectivity index (χ0) is 14.7. The van der Waals surface area contributed by atoms with Gasteiger partial charge in [-0.2, -0.15) is 0 Å². The third-order valence-electron chi connectivity index (χ3n) is 3.86. The number of aliphatic hydroxyl groups excluding tert-OH is 1. The maximum Gasteiger partial charge on any atom is 0.236 e. The molecule has 1 aliphatic rings. The first-order chi connectivity index (χ1) is 9.49. The number of benzene rings is 1. The minimum Gasteiger partial charge on any atom is -0.389 e. The lowest BCUT2D eigenvalue weighted by Gasteiger charge is -2.30. The van der Waals surface area contributed by atoms with Crippen molar-refractivity contribution >= 4 is 11.6 Å². The van der Waals surface area contributed by atoms with Gasteiger partial charge < -0.3 is 15.7 Å². The number of halogens is 1. The second-order valence-corrected chi connectivity index (χ2v) is 5.42. The maximum absolute atomic E-state index is 14.3. The lowest BCUT2D eigenvalue weighted by atomic mass is 10.1. The summed E-state index contributed by atoms with van der Waals surface area (Å²) in [5.41, 5.74) is 6.20. The SMILES string of the molecule is C[C@@H](O)c1ccc(N(CC(N)=O)C2CCCC2)c(F)c1. The number of hydrogen-bond acceptors (Lipinski definition) is 3. The van der Waals surface area contributed by atoms with Crippen LogP contribution in [0.15, 0.2) is 18.2 Å². The molecule has 20 heavy (non-hydrogen) atoms. The van der Waals surface area contributed by atoms with Crippen molar-refractivity contribution < 1.29 is 14.3 Å². The van der Waals surface area contributed by atoms with Crippen molar-refractivity contribution in [2.24, 2.45) is 5.73 Å². The molecule has 1 aliphatic carbocycles. The Bertz CT molecular complexity index is 485. The fourth-order valence-electron chi connectivity index (χ4n) is 2.81. The van der Waals surface area contributed by atoms with E-state index in [1.807, 2.05) is 0 Å². The van der Waals surface area contributed by atoms with Crippen LogP contribution >= 0.6 is 0 Å². The molecule has 0 aromatic heterocycles. The van der Waals surface area contributed by atoms with Gasteiger partial charge in [0.15, 0.2) is 0 Å². The molecule has 110 valence electrons. The van der Waals surface area contributed by atoms with Gasteiger partial charge in [0.25, 0.3) is 0 Å². The van der Waals surface area contributed by atoms with E-state index >= 15 is 0 Å². The lowest BCUT2D eigenvalue weighted by molar-refractivity contribution is -0.116. The number of nitrogens with zero attached hydrogens (tertiary/aromatic N) is 1. The van der Waals surface area contributed by atoms with Crippen molar-refractivity contribution in [2.75, 3.05) is 11.4 Å². The molecular formula is C15H21FN2O2. The molecule has 0 heterocycles. The first-order valence-corrected chi connectivity index (χ1v) is 7.01. The van der Waals surface area contributed by atoms with E-state index in [0.29, 0.717) is 11.3 Å². The first kappa shape index (κ1) is 14.8. The summed E-state index contributed by atoms with van der Waals surface area (Å²) in [6.07, 6.45) is 3.37. The molecule has 1 aromatic rings. The van der Waals surface area contributed by atoms with Crippen LogP contribution in [0.5, 0.6) is 0 Å². The van der Waals surface area contributed by atoms with Gasteiger partial charge in [0.2, 0.25) is 5.91 Å². The Morgan fingerprint density at radius 2 is 2.15 bits per heavy atom. The fraction of sp³-hybridized carbons (Fsp3) is 0.533. The van der Waals surface area contributed by atoms with E-state index in [1.54, 1.807) is 24.0 Å². The monoisotopic (exact) mass is 280 g/mol. The minimum atomic E-state index is -0.713. The van der Waals surface area contributed by atoms with Crippen molar-refractivity contribution in [2.45, 2.75) is 44.8 Å². The van der Waals surface area contributed by atoms with E-state index < -0.39 is 17.8 Å². The number of anilines is 1. The molecule has 4 nitrogen and oxygen atoms in total. The number of aliphatic hydroxyl groups is 1. The molecule has 3 N–H and O–H groups in total.